The van der Waals surface area contributed by atoms with E-state index in [9.17, 15) is 0 Å². The molecule has 1 atom stereocenters. The highest BCUT2D eigenvalue weighted by Crippen LogP contribution is 2.18. The van der Waals surface area contributed by atoms with Gasteiger partial charge in [-0.1, -0.05) is 0 Å². The van der Waals surface area contributed by atoms with E-state index in [2.05, 4.69) is 29.0 Å². The van der Waals surface area contributed by atoms with Crippen molar-refractivity contribution in [2.75, 3.05) is 45.6 Å². The quantitative estimate of drug-likeness (QED) is 0.697. The summed E-state index contributed by atoms with van der Waals surface area (Å²) in [5, 5.41) is 4.13. The molecule has 0 bridgehead atoms. The maximum Gasteiger partial charge on any atom is 0.0792 e. The minimum Gasteiger partial charge on any atom is -0.375 e. The van der Waals surface area contributed by atoms with Crippen LogP contribution in [0.4, 0.5) is 0 Å². The molecule has 0 aromatic heterocycles. The van der Waals surface area contributed by atoms with Crippen LogP contribution in [0.5, 0.6) is 0 Å². The van der Waals surface area contributed by atoms with E-state index < -0.39 is 0 Å². The van der Waals surface area contributed by atoms with Crippen LogP contribution in [-0.4, -0.2) is 61.8 Å². The summed E-state index contributed by atoms with van der Waals surface area (Å²) in [6.45, 7) is 5.48. The Morgan fingerprint density at radius 1 is 1.54 bits per heavy atom. The smallest absolute Gasteiger partial charge is 0.0792 e. The van der Waals surface area contributed by atoms with Crippen molar-refractivity contribution in [3.63, 3.8) is 0 Å². The van der Waals surface area contributed by atoms with E-state index in [0.29, 0.717) is 6.10 Å². The molecular weight excluding hydrogens is 184 g/mol. The molecule has 0 radical (unpaired) electrons. The summed E-state index contributed by atoms with van der Waals surface area (Å²) in [6.07, 6.45) is 0.462. The van der Waals surface area contributed by atoms with E-state index in [1.54, 1.807) is 0 Å². The normalized spacial score (nSPS) is 31.6. The Hall–Kier alpha value is 0.230. The number of hydrogen-bond acceptors (Lipinski definition) is 4. The predicted molar refractivity (Wildman–Crippen MR) is 56.4 cm³/mol. The molecule has 2 heterocycles. The molecule has 0 saturated carbocycles. The maximum absolute atomic E-state index is 5.68. The zero-order valence-corrected chi connectivity index (χ0v) is 8.98. The van der Waals surface area contributed by atoms with E-state index in [0.717, 1.165) is 30.7 Å². The Kier molecular flexibility index (Phi) is 3.49. The zero-order valence-electron chi connectivity index (χ0n) is 8.16. The SMILES string of the molecule is CN1CCOC(CSC2CNC2)C1. The Bertz CT molecular complexity index is 164. The standard InChI is InChI=1S/C9H18N2OS/c1-11-2-3-12-8(6-11)7-13-9-4-10-5-9/h8-10H,2-7H2,1H3. The molecule has 2 aliphatic rings. The van der Waals surface area contributed by atoms with Gasteiger partial charge in [-0.3, -0.25) is 0 Å². The van der Waals surface area contributed by atoms with Crippen molar-refractivity contribution in [2.24, 2.45) is 0 Å². The molecule has 2 rings (SSSR count). The van der Waals surface area contributed by atoms with Gasteiger partial charge in [0.2, 0.25) is 0 Å². The monoisotopic (exact) mass is 202 g/mol. The van der Waals surface area contributed by atoms with Gasteiger partial charge in [0.25, 0.3) is 0 Å². The molecule has 0 aromatic rings. The van der Waals surface area contributed by atoms with Gasteiger partial charge in [-0.05, 0) is 7.05 Å². The van der Waals surface area contributed by atoms with Crippen LogP contribution in [0.2, 0.25) is 0 Å². The van der Waals surface area contributed by atoms with Crippen LogP contribution >= 0.6 is 11.8 Å². The van der Waals surface area contributed by atoms with Crippen LogP contribution in [0.15, 0.2) is 0 Å². The number of nitrogens with zero attached hydrogens (tertiary/aromatic N) is 1. The molecular formula is C9H18N2OS. The number of hydrogen-bond donors (Lipinski definition) is 1. The third-order valence-corrected chi connectivity index (χ3v) is 3.97. The highest BCUT2D eigenvalue weighted by Gasteiger charge is 2.22. The number of thioether (sulfide) groups is 1. The van der Waals surface area contributed by atoms with Crippen molar-refractivity contribution in [3.8, 4) is 0 Å². The second kappa shape index (κ2) is 4.64. The molecule has 2 aliphatic heterocycles. The summed E-state index contributed by atoms with van der Waals surface area (Å²) in [7, 11) is 2.17. The Morgan fingerprint density at radius 3 is 3.00 bits per heavy atom. The largest absolute Gasteiger partial charge is 0.375 e. The highest BCUT2D eigenvalue weighted by molar-refractivity contribution is 8.00. The molecule has 0 spiro atoms. The number of morpholine rings is 1. The molecule has 2 saturated heterocycles. The third kappa shape index (κ3) is 2.84. The van der Waals surface area contributed by atoms with Crippen LogP contribution in [-0.2, 0) is 4.74 Å². The maximum atomic E-state index is 5.68. The first kappa shape index (κ1) is 9.77. The third-order valence-electron chi connectivity index (χ3n) is 2.60. The molecule has 1 N–H and O–H groups in total. The van der Waals surface area contributed by atoms with Gasteiger partial charge in [-0.25, -0.2) is 0 Å². The first-order valence-electron chi connectivity index (χ1n) is 4.97. The molecule has 0 amide bonds. The fraction of sp³-hybridized carbons (Fsp3) is 1.00. The van der Waals surface area contributed by atoms with Crippen LogP contribution < -0.4 is 5.32 Å². The first-order chi connectivity index (χ1) is 6.34. The average Bonchev–Trinajstić information content (AvgIpc) is 2.01. The van der Waals surface area contributed by atoms with E-state index in [1.807, 2.05) is 0 Å². The first-order valence-corrected chi connectivity index (χ1v) is 6.02. The number of likely N-dealkylation sites (N-methyl/N-ethyl adjacent to an activating group) is 1. The summed E-state index contributed by atoms with van der Waals surface area (Å²) >= 11 is 2.06. The lowest BCUT2D eigenvalue weighted by atomic mass is 10.3. The minimum atomic E-state index is 0.462. The molecule has 4 heteroatoms. The van der Waals surface area contributed by atoms with Crippen molar-refractivity contribution in [1.29, 1.82) is 0 Å². The lowest BCUT2D eigenvalue weighted by Crippen LogP contribution is -2.46. The van der Waals surface area contributed by atoms with Gasteiger partial charge >= 0.3 is 0 Å². The van der Waals surface area contributed by atoms with E-state index in [1.165, 1.54) is 13.1 Å². The van der Waals surface area contributed by atoms with Crippen LogP contribution in [0, 0.1) is 0 Å². The fourth-order valence-electron chi connectivity index (χ4n) is 1.59. The van der Waals surface area contributed by atoms with Crippen LogP contribution in [0.1, 0.15) is 0 Å². The molecule has 0 aromatic carbocycles. The summed E-state index contributed by atoms with van der Waals surface area (Å²) < 4.78 is 5.68. The second-order valence-electron chi connectivity index (χ2n) is 3.87. The molecule has 0 aliphatic carbocycles. The molecule has 2 fully saturated rings. The van der Waals surface area contributed by atoms with Crippen molar-refractivity contribution >= 4 is 11.8 Å². The summed E-state index contributed by atoms with van der Waals surface area (Å²) in [6, 6.07) is 0. The van der Waals surface area contributed by atoms with E-state index >= 15 is 0 Å². The summed E-state index contributed by atoms with van der Waals surface area (Å²) in [4.78, 5) is 2.35. The van der Waals surface area contributed by atoms with Gasteiger partial charge < -0.3 is 15.0 Å². The van der Waals surface area contributed by atoms with Gasteiger partial charge in [0.1, 0.15) is 0 Å². The predicted octanol–water partition coefficient (Wildman–Crippen LogP) is 0.0220. The second-order valence-corrected chi connectivity index (χ2v) is 5.20. The minimum absolute atomic E-state index is 0.462. The summed E-state index contributed by atoms with van der Waals surface area (Å²) in [5.74, 6) is 1.16. The van der Waals surface area contributed by atoms with Gasteiger partial charge in [-0.15, -0.1) is 0 Å². The molecule has 13 heavy (non-hydrogen) atoms. The molecule has 3 nitrogen and oxygen atoms in total. The van der Waals surface area contributed by atoms with Crippen molar-refractivity contribution in [3.05, 3.63) is 0 Å². The van der Waals surface area contributed by atoms with Crippen LogP contribution in [0.3, 0.4) is 0 Å². The lowest BCUT2D eigenvalue weighted by molar-refractivity contribution is -0.00605. The van der Waals surface area contributed by atoms with Crippen LogP contribution in [0.25, 0.3) is 0 Å². The van der Waals surface area contributed by atoms with Gasteiger partial charge in [0, 0.05) is 37.2 Å². The van der Waals surface area contributed by atoms with E-state index in [-0.39, 0.29) is 0 Å². The van der Waals surface area contributed by atoms with Gasteiger partial charge in [0.15, 0.2) is 0 Å². The topological polar surface area (TPSA) is 24.5 Å². The Morgan fingerprint density at radius 2 is 2.38 bits per heavy atom. The fourth-order valence-corrected chi connectivity index (χ4v) is 2.75. The molecule has 76 valence electrons. The average molecular weight is 202 g/mol. The summed E-state index contributed by atoms with van der Waals surface area (Å²) in [5.41, 5.74) is 0. The lowest BCUT2D eigenvalue weighted by Gasteiger charge is -2.32. The Balaban J connectivity index is 1.62. The van der Waals surface area contributed by atoms with Crippen molar-refractivity contribution in [2.45, 2.75) is 11.4 Å². The Labute approximate surface area is 84.2 Å². The molecule has 1 unspecified atom stereocenters. The number of rotatable bonds is 3. The van der Waals surface area contributed by atoms with Crippen molar-refractivity contribution in [1.82, 2.24) is 10.2 Å². The number of nitrogens with one attached hydrogen (secondary N) is 1. The zero-order chi connectivity index (χ0) is 9.10. The van der Waals surface area contributed by atoms with Crippen molar-refractivity contribution < 1.29 is 4.74 Å². The van der Waals surface area contributed by atoms with E-state index in [4.69, 9.17) is 4.74 Å². The van der Waals surface area contributed by atoms with Gasteiger partial charge in [-0.2, -0.15) is 11.8 Å². The number of ether oxygens (including phenoxy) is 1. The highest BCUT2D eigenvalue weighted by atomic mass is 32.2. The van der Waals surface area contributed by atoms with Gasteiger partial charge in [0.05, 0.1) is 12.7 Å².